The van der Waals surface area contributed by atoms with Crippen molar-refractivity contribution >= 4 is 16.9 Å². The first-order chi connectivity index (χ1) is 11.8. The fraction of sp³-hybridized carbons (Fsp3) is 0.579. The number of H-pyrrole nitrogens is 1. The first-order valence-electron chi connectivity index (χ1n) is 9.22. The zero-order valence-electron chi connectivity index (χ0n) is 14.2. The molecule has 2 aliphatic heterocycles. The van der Waals surface area contributed by atoms with Crippen LogP contribution >= 0.6 is 0 Å². The van der Waals surface area contributed by atoms with Crippen molar-refractivity contribution in [2.75, 3.05) is 32.7 Å². The lowest BCUT2D eigenvalue weighted by Gasteiger charge is -2.33. The van der Waals surface area contributed by atoms with Gasteiger partial charge in [0.2, 0.25) is 5.91 Å². The van der Waals surface area contributed by atoms with Gasteiger partial charge in [0.05, 0.1) is 11.0 Å². The number of nitrogens with zero attached hydrogens (tertiary/aromatic N) is 3. The lowest BCUT2D eigenvalue weighted by atomic mass is 9.94. The number of amides is 1. The molecule has 0 unspecified atom stereocenters. The predicted molar refractivity (Wildman–Crippen MR) is 94.8 cm³/mol. The van der Waals surface area contributed by atoms with Crippen LogP contribution in [0.3, 0.4) is 0 Å². The van der Waals surface area contributed by atoms with Crippen molar-refractivity contribution in [3.63, 3.8) is 0 Å². The zero-order chi connectivity index (χ0) is 16.4. The Hall–Kier alpha value is -1.88. The molecule has 0 saturated carbocycles. The lowest BCUT2D eigenvalue weighted by molar-refractivity contribution is -0.127. The number of imidazole rings is 1. The number of carbonyl (C=O) groups is 1. The van der Waals surface area contributed by atoms with E-state index in [1.807, 2.05) is 17.0 Å². The van der Waals surface area contributed by atoms with Crippen LogP contribution in [-0.2, 0) is 11.2 Å². The number of hydrogen-bond acceptors (Lipinski definition) is 3. The molecule has 5 heteroatoms. The molecular formula is C19H26N4O. The number of aromatic nitrogens is 2. The largest absolute Gasteiger partial charge is 0.342 e. The second-order valence-corrected chi connectivity index (χ2v) is 7.20. The van der Waals surface area contributed by atoms with Gasteiger partial charge in [-0.25, -0.2) is 4.98 Å². The molecule has 24 heavy (non-hydrogen) atoms. The summed E-state index contributed by atoms with van der Waals surface area (Å²) >= 11 is 0. The van der Waals surface area contributed by atoms with Crippen LogP contribution in [0, 0.1) is 5.92 Å². The summed E-state index contributed by atoms with van der Waals surface area (Å²) in [6.45, 7) is 5.16. The molecule has 2 fully saturated rings. The van der Waals surface area contributed by atoms with Gasteiger partial charge in [-0.1, -0.05) is 12.1 Å². The van der Waals surface area contributed by atoms with Gasteiger partial charge in [0.25, 0.3) is 0 Å². The summed E-state index contributed by atoms with van der Waals surface area (Å²) in [7, 11) is 0. The Morgan fingerprint density at radius 1 is 1.17 bits per heavy atom. The zero-order valence-corrected chi connectivity index (χ0v) is 14.2. The lowest BCUT2D eigenvalue weighted by Crippen LogP contribution is -2.41. The van der Waals surface area contributed by atoms with Crippen LogP contribution in [0.2, 0.25) is 0 Å². The van der Waals surface area contributed by atoms with E-state index in [0.29, 0.717) is 11.8 Å². The van der Waals surface area contributed by atoms with Gasteiger partial charge < -0.3 is 14.8 Å². The molecule has 3 heterocycles. The number of carbonyl (C=O) groups excluding carboxylic acids is 1. The van der Waals surface area contributed by atoms with Gasteiger partial charge in [0, 0.05) is 39.0 Å². The molecular weight excluding hydrogens is 300 g/mol. The molecule has 1 aromatic carbocycles. The number of likely N-dealkylation sites (tertiary alicyclic amines) is 2. The molecule has 1 atom stereocenters. The minimum Gasteiger partial charge on any atom is -0.342 e. The summed E-state index contributed by atoms with van der Waals surface area (Å²) in [5.74, 6) is 2.11. The van der Waals surface area contributed by atoms with Crippen molar-refractivity contribution < 1.29 is 4.79 Å². The Bertz CT molecular complexity index is 677. The molecule has 0 spiro atoms. The normalized spacial score (nSPS) is 22.6. The maximum Gasteiger partial charge on any atom is 0.222 e. The van der Waals surface area contributed by atoms with Crippen LogP contribution in [0.1, 0.15) is 31.5 Å². The minimum absolute atomic E-state index is 0.339. The van der Waals surface area contributed by atoms with Crippen molar-refractivity contribution in [3.05, 3.63) is 30.1 Å². The topological polar surface area (TPSA) is 52.2 Å². The number of para-hydroxylation sites is 2. The summed E-state index contributed by atoms with van der Waals surface area (Å²) in [6, 6.07) is 8.24. The molecule has 0 aliphatic carbocycles. The van der Waals surface area contributed by atoms with Crippen LogP contribution in [0.15, 0.2) is 24.3 Å². The van der Waals surface area contributed by atoms with Crippen LogP contribution < -0.4 is 0 Å². The second-order valence-electron chi connectivity index (χ2n) is 7.20. The molecule has 1 aromatic heterocycles. The molecule has 0 bridgehead atoms. The highest BCUT2D eigenvalue weighted by molar-refractivity contribution is 5.78. The van der Waals surface area contributed by atoms with Crippen molar-refractivity contribution in [1.29, 1.82) is 0 Å². The highest BCUT2D eigenvalue weighted by atomic mass is 16.2. The van der Waals surface area contributed by atoms with E-state index < -0.39 is 0 Å². The summed E-state index contributed by atoms with van der Waals surface area (Å²) in [4.78, 5) is 24.5. The Morgan fingerprint density at radius 3 is 2.92 bits per heavy atom. The maximum atomic E-state index is 11.7. The Balaban J connectivity index is 1.32. The summed E-state index contributed by atoms with van der Waals surface area (Å²) in [5.41, 5.74) is 2.19. The molecule has 1 amide bonds. The first-order valence-corrected chi connectivity index (χ1v) is 9.22. The minimum atomic E-state index is 0.339. The third-order valence-electron chi connectivity index (χ3n) is 5.38. The van der Waals surface area contributed by atoms with Gasteiger partial charge in [-0.05, 0) is 43.9 Å². The highest BCUT2D eigenvalue weighted by Crippen LogP contribution is 2.21. The number of benzene rings is 1. The smallest absolute Gasteiger partial charge is 0.222 e. The quantitative estimate of drug-likeness (QED) is 0.918. The molecule has 2 saturated heterocycles. The Kier molecular flexibility index (Phi) is 4.52. The summed E-state index contributed by atoms with van der Waals surface area (Å²) in [6.07, 6.45) is 5.32. The molecule has 0 radical (unpaired) electrons. The van der Waals surface area contributed by atoms with E-state index in [9.17, 15) is 4.79 Å². The molecule has 4 rings (SSSR count). The molecule has 2 aromatic rings. The number of nitrogens with one attached hydrogen (secondary N) is 1. The first kappa shape index (κ1) is 15.6. The van der Waals surface area contributed by atoms with Gasteiger partial charge in [-0.2, -0.15) is 0 Å². The maximum absolute atomic E-state index is 11.7. The molecule has 2 aliphatic rings. The van der Waals surface area contributed by atoms with E-state index in [1.165, 1.54) is 19.4 Å². The van der Waals surface area contributed by atoms with Gasteiger partial charge >= 0.3 is 0 Å². The average molecular weight is 326 g/mol. The number of fused-ring (bicyclic) bond motifs is 1. The van der Waals surface area contributed by atoms with E-state index in [2.05, 4.69) is 22.0 Å². The van der Waals surface area contributed by atoms with Gasteiger partial charge in [0.1, 0.15) is 5.82 Å². The van der Waals surface area contributed by atoms with Crippen LogP contribution in [0.25, 0.3) is 11.0 Å². The number of hydrogen-bond donors (Lipinski definition) is 1. The number of rotatable bonds is 5. The number of piperidine rings is 1. The van der Waals surface area contributed by atoms with Crippen LogP contribution in [-0.4, -0.2) is 58.4 Å². The van der Waals surface area contributed by atoms with Crippen LogP contribution in [0.4, 0.5) is 0 Å². The summed E-state index contributed by atoms with van der Waals surface area (Å²) in [5, 5.41) is 0. The van der Waals surface area contributed by atoms with Gasteiger partial charge in [-0.3, -0.25) is 4.79 Å². The standard InChI is InChI=1S/C19H26N4O/c24-19-8-4-10-23(19)12-11-22-9-3-5-15(14-22)13-18-20-16-6-1-2-7-17(16)21-18/h1-2,6-7,15H,3-5,8-14H2,(H,20,21)/t15-/m1/s1. The Labute approximate surface area is 143 Å². The van der Waals surface area contributed by atoms with Crippen molar-refractivity contribution in [2.45, 2.75) is 32.1 Å². The van der Waals surface area contributed by atoms with E-state index in [1.54, 1.807) is 0 Å². The van der Waals surface area contributed by atoms with E-state index in [4.69, 9.17) is 4.98 Å². The predicted octanol–water partition coefficient (Wildman–Crippen LogP) is 2.44. The third kappa shape index (κ3) is 3.46. The molecule has 5 nitrogen and oxygen atoms in total. The van der Waals surface area contributed by atoms with E-state index in [-0.39, 0.29) is 0 Å². The summed E-state index contributed by atoms with van der Waals surface area (Å²) < 4.78 is 0. The Morgan fingerprint density at radius 2 is 2.08 bits per heavy atom. The van der Waals surface area contributed by atoms with E-state index in [0.717, 1.165) is 62.3 Å². The SMILES string of the molecule is O=C1CCCN1CCN1CCC[C@H](Cc2nc3ccccc3[nH]2)C1. The molecule has 128 valence electrons. The van der Waals surface area contributed by atoms with Crippen LogP contribution in [0.5, 0.6) is 0 Å². The third-order valence-corrected chi connectivity index (χ3v) is 5.38. The highest BCUT2D eigenvalue weighted by Gasteiger charge is 2.24. The van der Waals surface area contributed by atoms with Gasteiger partial charge in [-0.15, -0.1) is 0 Å². The van der Waals surface area contributed by atoms with Crippen molar-refractivity contribution in [3.8, 4) is 0 Å². The van der Waals surface area contributed by atoms with Crippen molar-refractivity contribution in [1.82, 2.24) is 19.8 Å². The van der Waals surface area contributed by atoms with Gasteiger partial charge in [0.15, 0.2) is 0 Å². The monoisotopic (exact) mass is 326 g/mol. The second kappa shape index (κ2) is 6.93. The fourth-order valence-electron chi connectivity index (χ4n) is 4.10. The van der Waals surface area contributed by atoms with Crippen molar-refractivity contribution in [2.24, 2.45) is 5.92 Å². The average Bonchev–Trinajstić information content (AvgIpc) is 3.18. The fourth-order valence-corrected chi connectivity index (χ4v) is 4.10. The molecule has 1 N–H and O–H groups in total. The number of aromatic amines is 1. The van der Waals surface area contributed by atoms with E-state index >= 15 is 0 Å².